The summed E-state index contributed by atoms with van der Waals surface area (Å²) in [6, 6.07) is 0. The summed E-state index contributed by atoms with van der Waals surface area (Å²) in [6.07, 6.45) is 0. The van der Waals surface area contributed by atoms with Gasteiger partial charge >= 0.3 is 11.6 Å². The van der Waals surface area contributed by atoms with Gasteiger partial charge in [-0.05, 0) is 4.92 Å². The van der Waals surface area contributed by atoms with Crippen molar-refractivity contribution in [1.29, 1.82) is 0 Å². The molecular formula is C7H7N5O4. The van der Waals surface area contributed by atoms with Crippen molar-refractivity contribution in [2.45, 2.75) is 0 Å². The molecule has 2 heterocycles. The van der Waals surface area contributed by atoms with E-state index in [9.17, 15) is 19.7 Å². The van der Waals surface area contributed by atoms with Crippen LogP contribution in [0, 0.1) is 10.1 Å². The Labute approximate surface area is 87.1 Å². The fraction of sp³-hybridized carbons (Fsp3) is 0.286. The number of imidazole rings is 1. The van der Waals surface area contributed by atoms with Crippen molar-refractivity contribution >= 4 is 17.1 Å². The third-order valence-electron chi connectivity index (χ3n) is 2.26. The van der Waals surface area contributed by atoms with Gasteiger partial charge in [-0.1, -0.05) is 4.98 Å². The van der Waals surface area contributed by atoms with Crippen molar-refractivity contribution in [3.8, 4) is 0 Å². The minimum atomic E-state index is -0.734. The molecule has 2 aromatic heterocycles. The predicted octanol–water partition coefficient (Wildman–Crippen LogP) is -1.13. The van der Waals surface area contributed by atoms with Crippen molar-refractivity contribution in [2.75, 3.05) is 0 Å². The van der Waals surface area contributed by atoms with E-state index in [2.05, 4.69) is 4.98 Å². The summed E-state index contributed by atoms with van der Waals surface area (Å²) in [5.74, 6) is -0.485. The smallest absolute Gasteiger partial charge is 0.390 e. The summed E-state index contributed by atoms with van der Waals surface area (Å²) in [4.78, 5) is 38.1. The summed E-state index contributed by atoms with van der Waals surface area (Å²) >= 11 is 0. The maximum Gasteiger partial charge on any atom is 0.436 e. The molecule has 0 aliphatic heterocycles. The standard InChI is InChI=1S/C7H7N5O4/c1-10-5-3(8-6(10)12(15)16)4(13)9-7(14)11(5)2/h1-2H3,(H,9,13,14). The highest BCUT2D eigenvalue weighted by atomic mass is 16.6. The highest BCUT2D eigenvalue weighted by Gasteiger charge is 2.23. The molecule has 0 saturated carbocycles. The van der Waals surface area contributed by atoms with Crippen LogP contribution in [0.3, 0.4) is 0 Å². The zero-order chi connectivity index (χ0) is 12.0. The summed E-state index contributed by atoms with van der Waals surface area (Å²) in [6.45, 7) is 0. The van der Waals surface area contributed by atoms with Gasteiger partial charge in [0.15, 0.2) is 0 Å². The molecule has 2 rings (SSSR count). The van der Waals surface area contributed by atoms with E-state index >= 15 is 0 Å². The first-order valence-electron chi connectivity index (χ1n) is 4.23. The number of aryl methyl sites for hydroxylation is 2. The third kappa shape index (κ3) is 1.14. The minimum Gasteiger partial charge on any atom is -0.390 e. The van der Waals surface area contributed by atoms with Gasteiger partial charge in [-0.2, -0.15) is 0 Å². The normalized spacial score (nSPS) is 10.9. The molecular weight excluding hydrogens is 218 g/mol. The Morgan fingerprint density at radius 2 is 1.94 bits per heavy atom. The summed E-state index contributed by atoms with van der Waals surface area (Å²) in [7, 11) is 2.76. The van der Waals surface area contributed by atoms with Crippen LogP contribution in [0.5, 0.6) is 0 Å². The lowest BCUT2D eigenvalue weighted by Gasteiger charge is -1.97. The van der Waals surface area contributed by atoms with Crippen LogP contribution in [0.1, 0.15) is 0 Å². The second-order valence-corrected chi connectivity index (χ2v) is 3.22. The molecule has 0 amide bonds. The molecule has 0 bridgehead atoms. The number of aromatic nitrogens is 4. The maximum atomic E-state index is 11.4. The monoisotopic (exact) mass is 225 g/mol. The van der Waals surface area contributed by atoms with Crippen LogP contribution in [-0.4, -0.2) is 24.0 Å². The van der Waals surface area contributed by atoms with Crippen LogP contribution >= 0.6 is 0 Å². The number of hydrogen-bond donors (Lipinski definition) is 1. The Morgan fingerprint density at radius 3 is 2.50 bits per heavy atom. The first kappa shape index (κ1) is 10.1. The number of aromatic amines is 1. The molecule has 0 fully saturated rings. The Hall–Kier alpha value is -2.45. The molecule has 2 aromatic rings. The molecule has 0 saturated heterocycles. The predicted molar refractivity (Wildman–Crippen MR) is 53.2 cm³/mol. The van der Waals surface area contributed by atoms with E-state index in [1.54, 1.807) is 0 Å². The van der Waals surface area contributed by atoms with Gasteiger partial charge in [0.1, 0.15) is 0 Å². The molecule has 1 N–H and O–H groups in total. The first-order chi connectivity index (χ1) is 7.43. The quantitative estimate of drug-likeness (QED) is 0.486. The summed E-state index contributed by atoms with van der Waals surface area (Å²) < 4.78 is 2.18. The second-order valence-electron chi connectivity index (χ2n) is 3.22. The Morgan fingerprint density at radius 1 is 1.31 bits per heavy atom. The Kier molecular flexibility index (Phi) is 1.90. The van der Waals surface area contributed by atoms with Crippen molar-refractivity contribution in [3.63, 3.8) is 0 Å². The van der Waals surface area contributed by atoms with Gasteiger partial charge in [-0.3, -0.25) is 14.3 Å². The summed E-state index contributed by atoms with van der Waals surface area (Å²) in [5.41, 5.74) is -1.39. The topological polar surface area (TPSA) is 116 Å². The largest absolute Gasteiger partial charge is 0.436 e. The second kappa shape index (κ2) is 3.02. The number of nitrogens with one attached hydrogen (secondary N) is 1. The molecule has 84 valence electrons. The fourth-order valence-corrected chi connectivity index (χ4v) is 1.51. The van der Waals surface area contributed by atoms with Gasteiger partial charge in [0.2, 0.25) is 5.65 Å². The van der Waals surface area contributed by atoms with Crippen LogP contribution < -0.4 is 11.2 Å². The highest BCUT2D eigenvalue weighted by Crippen LogP contribution is 2.14. The van der Waals surface area contributed by atoms with E-state index < -0.39 is 22.1 Å². The molecule has 16 heavy (non-hydrogen) atoms. The Balaban J connectivity index is 3.09. The van der Waals surface area contributed by atoms with E-state index in [1.807, 2.05) is 4.98 Å². The number of H-pyrrole nitrogens is 1. The SMILES string of the molecule is Cn1c([N+](=O)[O-])nc2c(=O)[nH]c(=O)n(C)c21. The van der Waals surface area contributed by atoms with Crippen LogP contribution in [0.25, 0.3) is 11.2 Å². The average molecular weight is 225 g/mol. The molecule has 0 aliphatic carbocycles. The van der Waals surface area contributed by atoms with E-state index in [-0.39, 0.29) is 11.2 Å². The van der Waals surface area contributed by atoms with Crippen LogP contribution in [0.15, 0.2) is 9.59 Å². The third-order valence-corrected chi connectivity index (χ3v) is 2.26. The fourth-order valence-electron chi connectivity index (χ4n) is 1.51. The lowest BCUT2D eigenvalue weighted by molar-refractivity contribution is -0.396. The molecule has 0 radical (unpaired) electrons. The van der Waals surface area contributed by atoms with Gasteiger partial charge in [0.05, 0.1) is 7.05 Å². The van der Waals surface area contributed by atoms with Gasteiger partial charge in [-0.15, -0.1) is 0 Å². The zero-order valence-corrected chi connectivity index (χ0v) is 8.42. The molecule has 0 spiro atoms. The number of fused-ring (bicyclic) bond motifs is 1. The molecule has 0 unspecified atom stereocenters. The van der Waals surface area contributed by atoms with E-state index in [0.29, 0.717) is 0 Å². The highest BCUT2D eigenvalue weighted by molar-refractivity contribution is 5.72. The number of hydrogen-bond acceptors (Lipinski definition) is 5. The first-order valence-corrected chi connectivity index (χ1v) is 4.23. The lowest BCUT2D eigenvalue weighted by Crippen LogP contribution is -2.29. The van der Waals surface area contributed by atoms with E-state index in [4.69, 9.17) is 0 Å². The Bertz CT molecular complexity index is 706. The van der Waals surface area contributed by atoms with Crippen LogP contribution in [-0.2, 0) is 14.1 Å². The van der Waals surface area contributed by atoms with Crippen molar-refractivity contribution < 1.29 is 4.92 Å². The van der Waals surface area contributed by atoms with Gasteiger partial charge in [0.25, 0.3) is 11.1 Å². The lowest BCUT2D eigenvalue weighted by atomic mass is 10.5. The van der Waals surface area contributed by atoms with E-state index in [0.717, 1.165) is 9.13 Å². The molecule has 9 nitrogen and oxygen atoms in total. The van der Waals surface area contributed by atoms with Gasteiger partial charge in [0, 0.05) is 7.05 Å². The molecule has 9 heteroatoms. The number of rotatable bonds is 1. The van der Waals surface area contributed by atoms with E-state index in [1.165, 1.54) is 14.1 Å². The van der Waals surface area contributed by atoms with Crippen LogP contribution in [0.2, 0.25) is 0 Å². The zero-order valence-electron chi connectivity index (χ0n) is 8.42. The van der Waals surface area contributed by atoms with Crippen molar-refractivity contribution in [1.82, 2.24) is 19.1 Å². The number of nitrogens with zero attached hydrogens (tertiary/aromatic N) is 4. The van der Waals surface area contributed by atoms with Crippen molar-refractivity contribution in [3.05, 3.63) is 31.0 Å². The van der Waals surface area contributed by atoms with Gasteiger partial charge < -0.3 is 10.1 Å². The van der Waals surface area contributed by atoms with Crippen LogP contribution in [0.4, 0.5) is 5.95 Å². The van der Waals surface area contributed by atoms with Crippen molar-refractivity contribution in [2.24, 2.45) is 14.1 Å². The van der Waals surface area contributed by atoms with Gasteiger partial charge in [-0.25, -0.2) is 9.36 Å². The minimum absolute atomic E-state index is 0.112. The molecule has 0 aliphatic rings. The summed E-state index contributed by atoms with van der Waals surface area (Å²) in [5, 5.41) is 10.6. The maximum absolute atomic E-state index is 11.4. The number of nitro groups is 1. The molecule has 0 aromatic carbocycles. The average Bonchev–Trinajstić information content (AvgIpc) is 2.53. The molecule has 0 atom stereocenters.